The maximum absolute atomic E-state index is 13.6. The summed E-state index contributed by atoms with van der Waals surface area (Å²) in [5.74, 6) is -0.195. The Kier molecular flexibility index (Phi) is 5.99. The zero-order valence-corrected chi connectivity index (χ0v) is 19.4. The van der Waals surface area contributed by atoms with E-state index < -0.39 is 17.8 Å². The number of nitrogens with one attached hydrogen (secondary N) is 1. The normalized spacial score (nSPS) is 18.9. The molecule has 0 radical (unpaired) electrons. The first-order valence-corrected chi connectivity index (χ1v) is 12.0. The number of carbonyl (C=O) groups excluding carboxylic acids is 1. The first kappa shape index (κ1) is 23.3. The number of benzene rings is 1. The Hall–Kier alpha value is -3.42. The van der Waals surface area contributed by atoms with Gasteiger partial charge in [0.05, 0.1) is 6.54 Å². The van der Waals surface area contributed by atoms with Gasteiger partial charge in [-0.25, -0.2) is 0 Å². The highest BCUT2D eigenvalue weighted by molar-refractivity contribution is 7.12. The van der Waals surface area contributed by atoms with Gasteiger partial charge < -0.3 is 10.6 Å². The molecule has 1 aromatic carbocycles. The molecule has 1 saturated carbocycles. The third-order valence-electron chi connectivity index (χ3n) is 6.54. The maximum Gasteiger partial charge on any atom is 0.435 e. The third-order valence-corrected chi connectivity index (χ3v) is 7.58. The number of hydrogen-bond acceptors (Lipinski definition) is 5. The molecular formula is C25H22F3N5OS. The summed E-state index contributed by atoms with van der Waals surface area (Å²) in [7, 11) is 0. The third kappa shape index (κ3) is 4.61. The van der Waals surface area contributed by atoms with Gasteiger partial charge in [0, 0.05) is 41.2 Å². The number of amides is 1. The van der Waals surface area contributed by atoms with Crippen LogP contribution in [0, 0.1) is 17.2 Å². The number of halogens is 3. The predicted octanol–water partition coefficient (Wildman–Crippen LogP) is 4.80. The van der Waals surface area contributed by atoms with Crippen molar-refractivity contribution >= 4 is 17.2 Å². The zero-order chi connectivity index (χ0) is 24.7. The van der Waals surface area contributed by atoms with Crippen molar-refractivity contribution in [2.24, 2.45) is 11.7 Å². The van der Waals surface area contributed by atoms with Crippen molar-refractivity contribution in [2.45, 2.75) is 37.5 Å². The van der Waals surface area contributed by atoms with Crippen LogP contribution in [-0.4, -0.2) is 33.6 Å². The summed E-state index contributed by atoms with van der Waals surface area (Å²) in [6.07, 6.45) is 1.97. The molecule has 2 aliphatic rings. The van der Waals surface area contributed by atoms with Crippen LogP contribution in [0.2, 0.25) is 0 Å². The van der Waals surface area contributed by atoms with Gasteiger partial charge >= 0.3 is 6.18 Å². The number of nitriles is 1. The van der Waals surface area contributed by atoms with E-state index in [1.807, 2.05) is 0 Å². The summed E-state index contributed by atoms with van der Waals surface area (Å²) in [5.41, 5.74) is 6.94. The first-order chi connectivity index (χ1) is 16.8. The average molecular weight is 498 g/mol. The van der Waals surface area contributed by atoms with Gasteiger partial charge in [0.2, 0.25) is 5.91 Å². The lowest BCUT2D eigenvalue weighted by Crippen LogP contribution is -2.37. The fourth-order valence-corrected chi connectivity index (χ4v) is 5.64. The van der Waals surface area contributed by atoms with Crippen LogP contribution >= 0.6 is 11.3 Å². The minimum atomic E-state index is -4.62. The lowest BCUT2D eigenvalue weighted by molar-refractivity contribution is -0.140. The molecule has 1 aliphatic heterocycles. The molecule has 2 aromatic heterocycles. The standard InChI is InChI=1S/C25H22F3N5OS/c26-25(27,28)24-19(11-31-32-24)16-3-1-2-4-17(16)20-12-33(13-22-18(20)9-15(10-29)35-22)23(34)8-7-21(30)14-5-6-14/h1-4,7-9,11,14,20-21H,5-6,12-13,30H2,(H,31,32)/b8-7+/t20-,21?/m0/s1. The SMILES string of the molecule is N#Cc1cc2c(s1)CN(C(=O)/C=C/C(N)C1CC1)C[C@H]2c1ccccc1-c1c[nH]nc1C(F)(F)F. The van der Waals surface area contributed by atoms with Gasteiger partial charge in [0.1, 0.15) is 10.9 Å². The summed E-state index contributed by atoms with van der Waals surface area (Å²) in [6.45, 7) is 0.606. The second-order valence-electron chi connectivity index (χ2n) is 8.88. The van der Waals surface area contributed by atoms with E-state index in [4.69, 9.17) is 5.73 Å². The van der Waals surface area contributed by atoms with Gasteiger partial charge in [-0.05, 0) is 41.5 Å². The van der Waals surface area contributed by atoms with Crippen molar-refractivity contribution in [1.82, 2.24) is 15.1 Å². The number of rotatable bonds is 5. The van der Waals surface area contributed by atoms with Gasteiger partial charge in [0.15, 0.2) is 5.69 Å². The van der Waals surface area contributed by atoms with Crippen molar-refractivity contribution in [2.75, 3.05) is 6.54 Å². The number of nitrogens with zero attached hydrogens (tertiary/aromatic N) is 3. The number of aromatic amines is 1. The number of carbonyl (C=O) groups is 1. The Balaban J connectivity index is 1.54. The Morgan fingerprint density at radius 3 is 2.77 bits per heavy atom. The van der Waals surface area contributed by atoms with E-state index >= 15 is 0 Å². The van der Waals surface area contributed by atoms with Crippen LogP contribution in [0.1, 0.15) is 45.3 Å². The van der Waals surface area contributed by atoms with Crippen LogP contribution in [0.15, 0.2) is 48.7 Å². The number of hydrogen-bond donors (Lipinski definition) is 2. The van der Waals surface area contributed by atoms with Crippen molar-refractivity contribution in [3.8, 4) is 17.2 Å². The second-order valence-corrected chi connectivity index (χ2v) is 10.0. The summed E-state index contributed by atoms with van der Waals surface area (Å²) in [5, 5.41) is 15.2. The van der Waals surface area contributed by atoms with Gasteiger partial charge in [-0.2, -0.15) is 23.5 Å². The molecule has 35 heavy (non-hydrogen) atoms. The molecule has 3 N–H and O–H groups in total. The summed E-state index contributed by atoms with van der Waals surface area (Å²) < 4.78 is 40.9. The van der Waals surface area contributed by atoms with Crippen molar-refractivity contribution in [3.05, 3.63) is 75.3 Å². The minimum absolute atomic E-state index is 0.0517. The predicted molar refractivity (Wildman–Crippen MR) is 125 cm³/mol. The summed E-state index contributed by atoms with van der Waals surface area (Å²) in [4.78, 5) is 16.1. The highest BCUT2D eigenvalue weighted by Crippen LogP contribution is 2.44. The fraction of sp³-hybridized carbons (Fsp3) is 0.320. The van der Waals surface area contributed by atoms with Crippen LogP contribution in [0.4, 0.5) is 13.2 Å². The van der Waals surface area contributed by atoms with Crippen molar-refractivity contribution in [1.29, 1.82) is 5.26 Å². The highest BCUT2D eigenvalue weighted by Gasteiger charge is 2.38. The van der Waals surface area contributed by atoms with E-state index in [2.05, 4.69) is 16.3 Å². The fourth-order valence-electron chi connectivity index (χ4n) is 4.60. The maximum atomic E-state index is 13.6. The lowest BCUT2D eigenvalue weighted by atomic mass is 9.83. The molecule has 1 amide bonds. The quantitative estimate of drug-likeness (QED) is 0.495. The average Bonchev–Trinajstić information content (AvgIpc) is 3.41. The Bertz CT molecular complexity index is 1330. The topological polar surface area (TPSA) is 98.8 Å². The van der Waals surface area contributed by atoms with Crippen LogP contribution in [-0.2, 0) is 17.5 Å². The summed E-state index contributed by atoms with van der Waals surface area (Å²) in [6, 6.07) is 10.6. The molecule has 3 aromatic rings. The molecule has 180 valence electrons. The lowest BCUT2D eigenvalue weighted by Gasteiger charge is -2.33. The molecule has 10 heteroatoms. The van der Waals surface area contributed by atoms with E-state index in [-0.39, 0.29) is 24.1 Å². The Labute approximate surface area is 203 Å². The van der Waals surface area contributed by atoms with E-state index in [1.165, 1.54) is 23.6 Å². The molecule has 1 fully saturated rings. The monoisotopic (exact) mass is 497 g/mol. The number of H-pyrrole nitrogens is 1. The molecule has 3 heterocycles. The Morgan fingerprint density at radius 2 is 2.06 bits per heavy atom. The summed E-state index contributed by atoms with van der Waals surface area (Å²) >= 11 is 1.30. The number of alkyl halides is 3. The zero-order valence-electron chi connectivity index (χ0n) is 18.5. The largest absolute Gasteiger partial charge is 0.435 e. The van der Waals surface area contributed by atoms with Gasteiger partial charge in [-0.1, -0.05) is 30.3 Å². The highest BCUT2D eigenvalue weighted by atomic mass is 32.1. The molecule has 2 atom stereocenters. The Morgan fingerprint density at radius 1 is 1.29 bits per heavy atom. The molecule has 6 nitrogen and oxygen atoms in total. The second kappa shape index (κ2) is 8.98. The number of nitrogens with two attached hydrogens (primary N) is 1. The van der Waals surface area contributed by atoms with Crippen LogP contribution in [0.3, 0.4) is 0 Å². The molecule has 0 bridgehead atoms. The molecule has 1 unspecified atom stereocenters. The van der Waals surface area contributed by atoms with E-state index in [0.717, 1.165) is 23.3 Å². The number of aromatic nitrogens is 2. The molecule has 0 spiro atoms. The molecule has 0 saturated heterocycles. The van der Waals surface area contributed by atoms with Gasteiger partial charge in [-0.3, -0.25) is 9.89 Å². The number of thiophene rings is 1. The van der Waals surface area contributed by atoms with Crippen LogP contribution < -0.4 is 5.73 Å². The van der Waals surface area contributed by atoms with Crippen LogP contribution in [0.5, 0.6) is 0 Å². The van der Waals surface area contributed by atoms with Gasteiger partial charge in [0.25, 0.3) is 0 Å². The van der Waals surface area contributed by atoms with Crippen molar-refractivity contribution in [3.63, 3.8) is 0 Å². The molecule has 1 aliphatic carbocycles. The first-order valence-electron chi connectivity index (χ1n) is 11.2. The van der Waals surface area contributed by atoms with Crippen molar-refractivity contribution < 1.29 is 18.0 Å². The molecule has 5 rings (SSSR count). The van der Waals surface area contributed by atoms with E-state index in [1.54, 1.807) is 41.3 Å². The van der Waals surface area contributed by atoms with Gasteiger partial charge in [-0.15, -0.1) is 11.3 Å². The smallest absolute Gasteiger partial charge is 0.333 e. The number of fused-ring (bicyclic) bond motifs is 1. The van der Waals surface area contributed by atoms with E-state index in [9.17, 15) is 23.2 Å². The minimum Gasteiger partial charge on any atom is -0.333 e. The van der Waals surface area contributed by atoms with Crippen LogP contribution in [0.25, 0.3) is 11.1 Å². The molecular weight excluding hydrogens is 475 g/mol. The van der Waals surface area contributed by atoms with E-state index in [0.29, 0.717) is 28.5 Å².